The molecule has 0 unspecified atom stereocenters. The van der Waals surface area contributed by atoms with E-state index in [1.54, 1.807) is 58.2 Å². The Kier molecular flexibility index (Phi) is 8.16. The molecule has 14 heteroatoms. The highest BCUT2D eigenvalue weighted by Gasteiger charge is 2.43. The van der Waals surface area contributed by atoms with Crippen molar-refractivity contribution in [3.8, 4) is 11.3 Å². The molecule has 2 aromatic heterocycles. The summed E-state index contributed by atoms with van der Waals surface area (Å²) in [6.45, 7) is 1.78. The number of alkyl halides is 3. The van der Waals surface area contributed by atoms with Crippen LogP contribution >= 0.6 is 45.2 Å². The number of nitrogens with zero attached hydrogens (tertiary/aromatic N) is 5. The van der Waals surface area contributed by atoms with Crippen LogP contribution in [0.2, 0.25) is 0 Å². The van der Waals surface area contributed by atoms with Gasteiger partial charge in [0.05, 0.1) is 22.8 Å². The number of hydrogen-bond acceptors (Lipinski definition) is 7. The monoisotopic (exact) mass is 740 g/mol. The van der Waals surface area contributed by atoms with E-state index in [1.807, 2.05) is 0 Å². The summed E-state index contributed by atoms with van der Waals surface area (Å²) in [5.74, 6) is -0.976. The summed E-state index contributed by atoms with van der Waals surface area (Å²) in [4.78, 5) is 29.4. The molecule has 0 saturated carbocycles. The molecule has 3 aromatic rings. The third-order valence-corrected chi connectivity index (χ3v) is 8.66. The Bertz CT molecular complexity index is 1360. The zero-order valence-electron chi connectivity index (χ0n) is 18.8. The molecule has 4 rings (SSSR count). The second-order valence-corrected chi connectivity index (χ2v) is 15.0. The smallest absolute Gasteiger partial charge is 0.268 e. The minimum atomic E-state index is -4.00. The number of hydrogen-bond donors (Lipinski definition) is 1. The maximum atomic E-state index is 14.0. The fraction of sp³-hybridized carbons (Fsp3) is 0.318. The molecule has 3 heterocycles. The quantitative estimate of drug-likeness (QED) is 0.289. The van der Waals surface area contributed by atoms with Crippen molar-refractivity contribution < 1.29 is 22.0 Å². The average molecular weight is 740 g/mol. The fourth-order valence-corrected chi connectivity index (χ4v) is 6.29. The third-order valence-electron chi connectivity index (χ3n) is 5.66. The lowest BCUT2D eigenvalue weighted by Gasteiger charge is -2.27. The third kappa shape index (κ3) is 5.96. The van der Waals surface area contributed by atoms with Crippen LogP contribution in [0.15, 0.2) is 53.9 Å². The lowest BCUT2D eigenvalue weighted by molar-refractivity contribution is -0.124. The number of aromatic nitrogens is 4. The standard InChI is InChI=1S/C22H20F2I2N6O3S/c1-13-2-7-19(32(13)36(34,35)17-5-3-15(23)4-6-17)20(33)27-11-16-8-18(31-12-30-16)14-9-28-21(29-10-14)22(24,25)26/h3-6,8-10,12-13,19H,2,7,11H2,1H3,(H,27,33)/t13-,19-/m0/s1. The van der Waals surface area contributed by atoms with Gasteiger partial charge in [-0.25, -0.2) is 37.1 Å². The van der Waals surface area contributed by atoms with Crippen molar-refractivity contribution in [1.29, 1.82) is 0 Å². The first-order chi connectivity index (χ1) is 17.0. The molecule has 1 saturated heterocycles. The van der Waals surface area contributed by atoms with Crippen molar-refractivity contribution in [1.82, 2.24) is 29.6 Å². The topological polar surface area (TPSA) is 118 Å². The molecule has 36 heavy (non-hydrogen) atoms. The van der Waals surface area contributed by atoms with Crippen LogP contribution in [0, 0.1) is 5.82 Å². The van der Waals surface area contributed by atoms with Gasteiger partial charge < -0.3 is 5.32 Å². The van der Waals surface area contributed by atoms with Gasteiger partial charge in [0.1, 0.15) is 18.2 Å². The molecule has 0 radical (unpaired) electrons. The van der Waals surface area contributed by atoms with Gasteiger partial charge in [0.2, 0.25) is 15.9 Å². The van der Waals surface area contributed by atoms with E-state index in [4.69, 9.17) is 0 Å². The van der Waals surface area contributed by atoms with Gasteiger partial charge in [-0.05, 0) is 95.3 Å². The predicted molar refractivity (Wildman–Crippen MR) is 144 cm³/mol. The minimum Gasteiger partial charge on any atom is -0.349 e. The van der Waals surface area contributed by atoms with Crippen molar-refractivity contribution >= 4 is 61.1 Å². The van der Waals surface area contributed by atoms with E-state index >= 15 is 0 Å². The summed E-state index contributed by atoms with van der Waals surface area (Å²) in [5.41, 5.74) is 1.52. The van der Waals surface area contributed by atoms with Crippen LogP contribution in [-0.4, -0.2) is 50.6 Å². The number of amides is 1. The van der Waals surface area contributed by atoms with Crippen LogP contribution in [0.5, 0.6) is 0 Å². The van der Waals surface area contributed by atoms with Gasteiger partial charge in [-0.15, -0.1) is 0 Å². The van der Waals surface area contributed by atoms with Crippen molar-refractivity contribution in [3.05, 3.63) is 66.4 Å². The molecule has 0 spiro atoms. The summed E-state index contributed by atoms with van der Waals surface area (Å²) in [6, 6.07) is 4.88. The van der Waals surface area contributed by atoms with Crippen LogP contribution in [0.4, 0.5) is 8.78 Å². The van der Waals surface area contributed by atoms with Crippen LogP contribution in [0.1, 0.15) is 31.3 Å². The Morgan fingerprint density at radius 3 is 2.44 bits per heavy atom. The first-order valence-electron chi connectivity index (χ1n) is 10.7. The highest BCUT2D eigenvalue weighted by Crippen LogP contribution is 2.38. The van der Waals surface area contributed by atoms with E-state index in [-0.39, 0.29) is 17.3 Å². The molecule has 1 aromatic carbocycles. The van der Waals surface area contributed by atoms with E-state index in [9.17, 15) is 22.0 Å². The molecule has 0 bridgehead atoms. The molecular formula is C22H20F2I2N6O3S. The number of carbonyl (C=O) groups excluding carboxylic acids is 1. The number of sulfonamides is 1. The van der Waals surface area contributed by atoms with E-state index in [0.717, 1.165) is 12.1 Å². The molecule has 190 valence electrons. The van der Waals surface area contributed by atoms with Crippen LogP contribution in [0.25, 0.3) is 11.3 Å². The molecular weight excluding hydrogens is 720 g/mol. The van der Waals surface area contributed by atoms with Crippen LogP contribution in [0.3, 0.4) is 0 Å². The highest BCUT2D eigenvalue weighted by atomic mass is 127. The molecule has 0 aliphatic carbocycles. The second kappa shape index (κ2) is 10.8. The Hall–Kier alpha value is -1.92. The van der Waals surface area contributed by atoms with Gasteiger partial charge in [-0.3, -0.25) is 4.79 Å². The van der Waals surface area contributed by atoms with Crippen molar-refractivity contribution in [3.63, 3.8) is 0 Å². The van der Waals surface area contributed by atoms with Crippen LogP contribution < -0.4 is 5.32 Å². The zero-order valence-corrected chi connectivity index (χ0v) is 23.9. The lowest BCUT2D eigenvalue weighted by Crippen LogP contribution is -2.48. The highest BCUT2D eigenvalue weighted by molar-refractivity contribution is 14.2. The largest absolute Gasteiger partial charge is 0.349 e. The van der Waals surface area contributed by atoms with E-state index in [1.165, 1.54) is 35.2 Å². The number of carbonyl (C=O) groups is 1. The number of rotatable bonds is 7. The second-order valence-electron chi connectivity index (χ2n) is 8.14. The first-order valence-corrected chi connectivity index (χ1v) is 14.3. The molecule has 1 amide bonds. The number of nitrogens with one attached hydrogen (secondary N) is 1. The van der Waals surface area contributed by atoms with E-state index in [2.05, 4.69) is 25.3 Å². The van der Waals surface area contributed by atoms with E-state index < -0.39 is 35.5 Å². The predicted octanol–water partition coefficient (Wildman–Crippen LogP) is 3.88. The number of benzene rings is 1. The van der Waals surface area contributed by atoms with Gasteiger partial charge in [-0.1, -0.05) is 0 Å². The number of halogens is 4. The summed E-state index contributed by atoms with van der Waals surface area (Å²) in [6.07, 6.45) is 5.11. The summed E-state index contributed by atoms with van der Waals surface area (Å²) < 4.78 is 53.1. The average Bonchev–Trinajstić information content (AvgIpc) is 3.25. The van der Waals surface area contributed by atoms with Gasteiger partial charge in [0.25, 0.3) is 1.68 Å². The van der Waals surface area contributed by atoms with Gasteiger partial charge >= 0.3 is 0 Å². The Balaban J connectivity index is 1.47. The van der Waals surface area contributed by atoms with Crippen LogP contribution in [-0.2, 0) is 23.0 Å². The molecule has 1 aliphatic heterocycles. The van der Waals surface area contributed by atoms with Gasteiger partial charge in [-0.2, -0.15) is 4.31 Å². The Labute approximate surface area is 233 Å². The SMILES string of the molecule is C[C@H]1CC[C@@H](C(=O)NCc2cc(-c3cnc(C(F)(I)I)nc3)ncn2)N1S(=O)(=O)c1ccc(F)cc1. The summed E-state index contributed by atoms with van der Waals surface area (Å²) in [7, 11) is -4.00. The van der Waals surface area contributed by atoms with Crippen molar-refractivity contribution in [2.24, 2.45) is 0 Å². The Morgan fingerprint density at radius 2 is 1.81 bits per heavy atom. The van der Waals surface area contributed by atoms with Gasteiger partial charge in [0.15, 0.2) is 5.82 Å². The minimum absolute atomic E-state index is 0.0277. The molecule has 1 fully saturated rings. The normalized spacial score (nSPS) is 18.8. The molecule has 9 nitrogen and oxygen atoms in total. The summed E-state index contributed by atoms with van der Waals surface area (Å²) in [5, 5.41) is 2.75. The van der Waals surface area contributed by atoms with Gasteiger partial charge in [0, 0.05) is 24.0 Å². The maximum absolute atomic E-state index is 14.0. The molecule has 2 atom stereocenters. The zero-order chi connectivity index (χ0) is 26.1. The van der Waals surface area contributed by atoms with Crippen molar-refractivity contribution in [2.45, 2.75) is 45.0 Å². The summed E-state index contributed by atoms with van der Waals surface area (Å²) >= 11 is 3.18. The molecule has 1 N–H and O–H groups in total. The lowest BCUT2D eigenvalue weighted by atomic mass is 10.2. The first kappa shape index (κ1) is 27.1. The molecule has 1 aliphatic rings. The van der Waals surface area contributed by atoms with E-state index in [0.29, 0.717) is 29.8 Å². The Morgan fingerprint density at radius 1 is 1.14 bits per heavy atom. The fourth-order valence-electron chi connectivity index (χ4n) is 3.89. The van der Waals surface area contributed by atoms with Crippen molar-refractivity contribution in [2.75, 3.05) is 0 Å². The maximum Gasteiger partial charge on any atom is 0.268 e.